The number of halogens is 2. The maximum absolute atomic E-state index is 5.72. The van der Waals surface area contributed by atoms with E-state index in [0.717, 1.165) is 15.5 Å². The lowest BCUT2D eigenvalue weighted by atomic mass is 9.97. The zero-order valence-electron chi connectivity index (χ0n) is 4.99. The van der Waals surface area contributed by atoms with Crippen molar-refractivity contribution in [1.29, 1.82) is 0 Å². The molecule has 9 heavy (non-hydrogen) atoms. The molecule has 0 heterocycles. The van der Waals surface area contributed by atoms with Crippen molar-refractivity contribution < 1.29 is 0 Å². The molecule has 0 aliphatic rings. The van der Waals surface area contributed by atoms with Crippen molar-refractivity contribution in [3.05, 3.63) is 28.2 Å². The van der Waals surface area contributed by atoms with Crippen LogP contribution in [0.4, 0.5) is 0 Å². The van der Waals surface area contributed by atoms with Gasteiger partial charge < -0.3 is 0 Å². The van der Waals surface area contributed by atoms with Gasteiger partial charge in [0.15, 0.2) is 0 Å². The van der Waals surface area contributed by atoms with E-state index in [1.54, 1.807) is 12.1 Å². The summed E-state index contributed by atoms with van der Waals surface area (Å²) in [6.07, 6.45) is 0. The first-order valence-corrected chi connectivity index (χ1v) is 3.37. The molecule has 0 radical (unpaired) electrons. The van der Waals surface area contributed by atoms with Gasteiger partial charge in [0, 0.05) is 10.0 Å². The smallest absolute Gasteiger partial charge is 0.0850 e. The Bertz CT molecular complexity index is 222. The third kappa shape index (κ3) is 1.63. The van der Waals surface area contributed by atoms with Crippen molar-refractivity contribution in [3.8, 4) is 0 Å². The van der Waals surface area contributed by atoms with Gasteiger partial charge in [-0.3, -0.25) is 0 Å². The van der Waals surface area contributed by atoms with E-state index in [2.05, 4.69) is 0 Å². The topological polar surface area (TPSA) is 0 Å². The first kappa shape index (κ1) is 6.98. The van der Waals surface area contributed by atoms with Gasteiger partial charge in [-0.15, -0.1) is 0 Å². The molecule has 0 saturated carbocycles. The molecule has 0 fully saturated rings. The molecular formula is C6H5BCl2. The van der Waals surface area contributed by atoms with Gasteiger partial charge in [0.25, 0.3) is 0 Å². The molecule has 0 aliphatic heterocycles. The summed E-state index contributed by atoms with van der Waals surface area (Å²) in [6.45, 7) is 0. The van der Waals surface area contributed by atoms with Crippen LogP contribution in [0, 0.1) is 0 Å². The third-order valence-electron chi connectivity index (χ3n) is 1.12. The first-order valence-electron chi connectivity index (χ1n) is 2.62. The molecule has 0 N–H and O–H groups in total. The molecule has 0 aromatic heterocycles. The lowest BCUT2D eigenvalue weighted by Crippen LogP contribution is -2.01. The summed E-state index contributed by atoms with van der Waals surface area (Å²) < 4.78 is 0. The first-order chi connectivity index (χ1) is 4.20. The minimum Gasteiger partial charge on any atom is -0.0850 e. The molecule has 1 aromatic carbocycles. The summed E-state index contributed by atoms with van der Waals surface area (Å²) in [4.78, 5) is 0. The maximum Gasteiger partial charge on any atom is 0.141 e. The summed E-state index contributed by atoms with van der Waals surface area (Å²) in [7, 11) is 1.92. The molecule has 0 saturated heterocycles. The molecule has 0 unspecified atom stereocenters. The normalized spacial score (nSPS) is 9.56. The van der Waals surface area contributed by atoms with E-state index in [4.69, 9.17) is 23.2 Å². The molecule has 46 valence electrons. The minimum absolute atomic E-state index is 0.733. The monoisotopic (exact) mass is 158 g/mol. The van der Waals surface area contributed by atoms with Crippen molar-refractivity contribution >= 4 is 36.5 Å². The Labute approximate surface area is 65.2 Å². The van der Waals surface area contributed by atoms with E-state index in [1.165, 1.54) is 0 Å². The van der Waals surface area contributed by atoms with Crippen LogP contribution in [-0.2, 0) is 0 Å². The van der Waals surface area contributed by atoms with E-state index < -0.39 is 0 Å². The van der Waals surface area contributed by atoms with Crippen LogP contribution in [0.3, 0.4) is 0 Å². The fourth-order valence-electron chi connectivity index (χ4n) is 0.608. The fraction of sp³-hybridized carbons (Fsp3) is 0. The highest BCUT2D eigenvalue weighted by molar-refractivity contribution is 6.46. The lowest BCUT2D eigenvalue weighted by molar-refractivity contribution is 1.76. The van der Waals surface area contributed by atoms with Crippen molar-refractivity contribution in [3.63, 3.8) is 0 Å². The largest absolute Gasteiger partial charge is 0.141 e. The molecule has 1 aromatic rings. The highest BCUT2D eigenvalue weighted by atomic mass is 35.5. The average molecular weight is 159 g/mol. The Kier molecular flexibility index (Phi) is 2.04. The molecular weight excluding hydrogens is 154 g/mol. The van der Waals surface area contributed by atoms with Gasteiger partial charge in [0.05, 0.1) is 0 Å². The Morgan fingerprint density at radius 2 is 1.89 bits per heavy atom. The van der Waals surface area contributed by atoms with Gasteiger partial charge in [-0.1, -0.05) is 28.7 Å². The molecule has 0 aliphatic carbocycles. The standard InChI is InChI=1S/C6H5BCl2/c7-5-3-4(8)1-2-6(5)9/h1-3H,7H2. The lowest BCUT2D eigenvalue weighted by Gasteiger charge is -1.95. The van der Waals surface area contributed by atoms with Gasteiger partial charge in [0.2, 0.25) is 0 Å². The molecule has 1 rings (SSSR count). The summed E-state index contributed by atoms with van der Waals surface area (Å²) >= 11 is 11.4. The van der Waals surface area contributed by atoms with Crippen LogP contribution in [0.2, 0.25) is 10.0 Å². The highest BCUT2D eigenvalue weighted by Crippen LogP contribution is 2.09. The van der Waals surface area contributed by atoms with E-state index >= 15 is 0 Å². The average Bonchev–Trinajstić information content (AvgIpc) is 1.80. The van der Waals surface area contributed by atoms with Crippen molar-refractivity contribution in [2.24, 2.45) is 0 Å². The summed E-state index contributed by atoms with van der Waals surface area (Å²) in [5.74, 6) is 0. The second kappa shape index (κ2) is 2.63. The van der Waals surface area contributed by atoms with Crippen LogP contribution in [0.1, 0.15) is 0 Å². The van der Waals surface area contributed by atoms with E-state index in [-0.39, 0.29) is 0 Å². The van der Waals surface area contributed by atoms with Crippen LogP contribution in [-0.4, -0.2) is 7.85 Å². The third-order valence-corrected chi connectivity index (χ3v) is 1.78. The molecule has 0 atom stereocenters. The summed E-state index contributed by atoms with van der Waals surface area (Å²) in [5, 5.41) is 1.50. The van der Waals surface area contributed by atoms with Gasteiger partial charge in [-0.2, -0.15) is 0 Å². The number of benzene rings is 1. The molecule has 3 heteroatoms. The van der Waals surface area contributed by atoms with E-state index in [0.29, 0.717) is 0 Å². The predicted molar refractivity (Wildman–Crippen MR) is 44.6 cm³/mol. The summed E-state index contributed by atoms with van der Waals surface area (Å²) in [6, 6.07) is 5.40. The second-order valence-electron chi connectivity index (χ2n) is 1.89. The Morgan fingerprint density at radius 1 is 1.22 bits per heavy atom. The van der Waals surface area contributed by atoms with Crippen LogP contribution in [0.15, 0.2) is 18.2 Å². The molecule has 0 spiro atoms. The predicted octanol–water partition coefficient (Wildman–Crippen LogP) is 1.25. The van der Waals surface area contributed by atoms with E-state index in [1.807, 2.05) is 13.9 Å². The Hall–Kier alpha value is -0.135. The van der Waals surface area contributed by atoms with Crippen molar-refractivity contribution in [2.45, 2.75) is 0 Å². The highest BCUT2D eigenvalue weighted by Gasteiger charge is 1.92. The number of hydrogen-bond donors (Lipinski definition) is 0. The molecule has 0 bridgehead atoms. The molecule has 0 nitrogen and oxygen atoms in total. The Morgan fingerprint density at radius 3 is 2.33 bits per heavy atom. The van der Waals surface area contributed by atoms with Crippen LogP contribution < -0.4 is 5.46 Å². The van der Waals surface area contributed by atoms with Gasteiger partial charge in [-0.25, -0.2) is 0 Å². The van der Waals surface area contributed by atoms with Crippen LogP contribution >= 0.6 is 23.2 Å². The van der Waals surface area contributed by atoms with Gasteiger partial charge in [-0.05, 0) is 18.2 Å². The number of hydrogen-bond acceptors (Lipinski definition) is 0. The van der Waals surface area contributed by atoms with E-state index in [9.17, 15) is 0 Å². The zero-order chi connectivity index (χ0) is 6.85. The van der Waals surface area contributed by atoms with Gasteiger partial charge >= 0.3 is 0 Å². The molecule has 0 amide bonds. The Balaban J connectivity index is 3.17. The zero-order valence-corrected chi connectivity index (χ0v) is 6.50. The van der Waals surface area contributed by atoms with Crippen molar-refractivity contribution in [1.82, 2.24) is 0 Å². The number of rotatable bonds is 0. The van der Waals surface area contributed by atoms with Crippen molar-refractivity contribution in [2.75, 3.05) is 0 Å². The van der Waals surface area contributed by atoms with Crippen LogP contribution in [0.5, 0.6) is 0 Å². The quantitative estimate of drug-likeness (QED) is 0.499. The second-order valence-corrected chi connectivity index (χ2v) is 2.74. The van der Waals surface area contributed by atoms with Gasteiger partial charge in [0.1, 0.15) is 7.85 Å². The minimum atomic E-state index is 0.733. The van der Waals surface area contributed by atoms with Crippen LogP contribution in [0.25, 0.3) is 0 Å². The summed E-state index contributed by atoms with van der Waals surface area (Å²) in [5.41, 5.74) is 1.02. The maximum atomic E-state index is 5.72. The SMILES string of the molecule is Bc1cc(Cl)ccc1Cl. The fourth-order valence-corrected chi connectivity index (χ4v) is 0.952.